The Balaban J connectivity index is 2.17. The summed E-state index contributed by atoms with van der Waals surface area (Å²) in [7, 11) is 0. The van der Waals surface area contributed by atoms with Gasteiger partial charge in [-0.2, -0.15) is 0 Å². The number of pyridine rings is 1. The Morgan fingerprint density at radius 1 is 1.13 bits per heavy atom. The van der Waals surface area contributed by atoms with Crippen molar-refractivity contribution >= 4 is 0 Å². The molecule has 1 heterocycles. The largest absolute Gasteiger partial charge is 0.330 e. The molecule has 3 nitrogen and oxygen atoms in total. The molecule has 1 aromatic heterocycles. The van der Waals surface area contributed by atoms with Crippen molar-refractivity contribution in [2.45, 2.75) is 51.6 Å². The summed E-state index contributed by atoms with van der Waals surface area (Å²) in [6.07, 6.45) is 4.03. The molecule has 0 fully saturated rings. The second kappa shape index (κ2) is 8.23. The monoisotopic (exact) mass is 311 g/mol. The fourth-order valence-electron chi connectivity index (χ4n) is 2.96. The zero-order valence-corrected chi connectivity index (χ0v) is 14.5. The van der Waals surface area contributed by atoms with E-state index in [9.17, 15) is 0 Å². The van der Waals surface area contributed by atoms with Crippen LogP contribution in [0.5, 0.6) is 0 Å². The lowest BCUT2D eigenvalue weighted by Gasteiger charge is -2.28. The molecule has 3 N–H and O–H groups in total. The van der Waals surface area contributed by atoms with Crippen LogP contribution in [0.25, 0.3) is 0 Å². The van der Waals surface area contributed by atoms with Crippen LogP contribution in [-0.4, -0.2) is 17.6 Å². The van der Waals surface area contributed by atoms with Gasteiger partial charge in [0.15, 0.2) is 0 Å². The van der Waals surface area contributed by atoms with E-state index in [4.69, 9.17) is 5.73 Å². The summed E-state index contributed by atoms with van der Waals surface area (Å²) in [5.74, 6) is 0. The van der Waals surface area contributed by atoms with Gasteiger partial charge in [0.25, 0.3) is 0 Å². The van der Waals surface area contributed by atoms with Crippen molar-refractivity contribution in [3.05, 3.63) is 65.5 Å². The van der Waals surface area contributed by atoms with Gasteiger partial charge in [0.1, 0.15) is 0 Å². The van der Waals surface area contributed by atoms with Crippen LogP contribution >= 0.6 is 0 Å². The van der Waals surface area contributed by atoms with Gasteiger partial charge in [0, 0.05) is 24.2 Å². The number of hydrogen-bond acceptors (Lipinski definition) is 3. The van der Waals surface area contributed by atoms with Crippen molar-refractivity contribution in [2.75, 3.05) is 6.54 Å². The molecule has 2 rings (SSSR count). The smallest absolute Gasteiger partial charge is 0.0582 e. The Hall–Kier alpha value is -1.71. The number of aromatic nitrogens is 1. The van der Waals surface area contributed by atoms with Gasteiger partial charge in [-0.1, -0.05) is 50.2 Å². The van der Waals surface area contributed by atoms with Crippen molar-refractivity contribution < 1.29 is 0 Å². The Labute approximate surface area is 140 Å². The van der Waals surface area contributed by atoms with Gasteiger partial charge in [-0.3, -0.25) is 4.98 Å². The number of nitrogens with zero attached hydrogens (tertiary/aromatic N) is 1. The predicted octanol–water partition coefficient (Wildman–Crippen LogP) is 3.62. The average Bonchev–Trinajstić information content (AvgIpc) is 2.59. The van der Waals surface area contributed by atoms with Gasteiger partial charge in [0.05, 0.1) is 5.69 Å². The van der Waals surface area contributed by atoms with Gasteiger partial charge in [-0.15, -0.1) is 0 Å². The Kier molecular flexibility index (Phi) is 6.31. The average molecular weight is 311 g/mol. The Morgan fingerprint density at radius 3 is 2.57 bits per heavy atom. The topological polar surface area (TPSA) is 50.9 Å². The van der Waals surface area contributed by atoms with E-state index < -0.39 is 0 Å². The highest BCUT2D eigenvalue weighted by Gasteiger charge is 2.26. The zero-order valence-electron chi connectivity index (χ0n) is 14.5. The molecular formula is C20H29N3. The first-order chi connectivity index (χ1) is 11.1. The summed E-state index contributed by atoms with van der Waals surface area (Å²) in [5.41, 5.74) is 9.25. The molecule has 0 aliphatic rings. The molecule has 1 aromatic carbocycles. The molecular weight excluding hydrogens is 282 g/mol. The number of benzene rings is 1. The van der Waals surface area contributed by atoms with Gasteiger partial charge in [0.2, 0.25) is 0 Å². The van der Waals surface area contributed by atoms with E-state index in [1.807, 2.05) is 12.3 Å². The summed E-state index contributed by atoms with van der Waals surface area (Å²) in [5, 5.41) is 3.58. The highest BCUT2D eigenvalue weighted by Crippen LogP contribution is 2.32. The normalized spacial score (nSPS) is 13.0. The molecule has 23 heavy (non-hydrogen) atoms. The number of nitrogens with two attached hydrogens (primary N) is 1. The van der Waals surface area contributed by atoms with E-state index in [-0.39, 0.29) is 5.41 Å². The predicted molar refractivity (Wildman–Crippen MR) is 97.4 cm³/mol. The molecule has 124 valence electrons. The van der Waals surface area contributed by atoms with Crippen LogP contribution in [0.4, 0.5) is 0 Å². The van der Waals surface area contributed by atoms with E-state index >= 15 is 0 Å². The first kappa shape index (κ1) is 17.6. The molecule has 0 radical (unpaired) electrons. The second-order valence-electron chi connectivity index (χ2n) is 6.70. The van der Waals surface area contributed by atoms with Crippen LogP contribution in [0.3, 0.4) is 0 Å². The fourth-order valence-corrected chi connectivity index (χ4v) is 2.96. The molecule has 2 aromatic rings. The van der Waals surface area contributed by atoms with Crippen LogP contribution in [0, 0.1) is 0 Å². The molecule has 0 amide bonds. The SMILES string of the molecule is CC(CCCN)NCc1ncccc1C(C)(C)c1ccccc1. The van der Waals surface area contributed by atoms with Crippen LogP contribution < -0.4 is 11.1 Å². The molecule has 0 saturated heterocycles. The maximum atomic E-state index is 5.59. The number of nitrogens with one attached hydrogen (secondary N) is 1. The lowest BCUT2D eigenvalue weighted by Crippen LogP contribution is -2.29. The van der Waals surface area contributed by atoms with Gasteiger partial charge in [-0.05, 0) is 43.5 Å². The first-order valence-electron chi connectivity index (χ1n) is 8.49. The summed E-state index contributed by atoms with van der Waals surface area (Å²) in [6.45, 7) is 8.28. The fraction of sp³-hybridized carbons (Fsp3) is 0.450. The maximum absolute atomic E-state index is 5.59. The quantitative estimate of drug-likeness (QED) is 0.783. The molecule has 0 spiro atoms. The molecule has 3 heteroatoms. The van der Waals surface area contributed by atoms with Crippen molar-refractivity contribution in [3.63, 3.8) is 0 Å². The Morgan fingerprint density at radius 2 is 1.87 bits per heavy atom. The lowest BCUT2D eigenvalue weighted by molar-refractivity contribution is 0.491. The minimum Gasteiger partial charge on any atom is -0.330 e. The third kappa shape index (κ3) is 4.63. The zero-order chi connectivity index (χ0) is 16.7. The number of rotatable bonds is 8. The van der Waals surface area contributed by atoms with Crippen LogP contribution in [0.2, 0.25) is 0 Å². The summed E-state index contributed by atoms with van der Waals surface area (Å²) in [6, 6.07) is 15.3. The van der Waals surface area contributed by atoms with Crippen molar-refractivity contribution in [1.82, 2.24) is 10.3 Å². The summed E-state index contributed by atoms with van der Waals surface area (Å²) >= 11 is 0. The van der Waals surface area contributed by atoms with Crippen molar-refractivity contribution in [3.8, 4) is 0 Å². The molecule has 0 aliphatic heterocycles. The van der Waals surface area contributed by atoms with E-state index in [1.165, 1.54) is 11.1 Å². The van der Waals surface area contributed by atoms with E-state index in [0.29, 0.717) is 6.04 Å². The van der Waals surface area contributed by atoms with E-state index in [2.05, 4.69) is 67.5 Å². The second-order valence-corrected chi connectivity index (χ2v) is 6.70. The van der Waals surface area contributed by atoms with Gasteiger partial charge in [-0.25, -0.2) is 0 Å². The van der Waals surface area contributed by atoms with E-state index in [1.54, 1.807) is 0 Å². The van der Waals surface area contributed by atoms with Gasteiger partial charge >= 0.3 is 0 Å². The highest BCUT2D eigenvalue weighted by molar-refractivity contribution is 5.39. The molecule has 0 aliphatic carbocycles. The lowest BCUT2D eigenvalue weighted by atomic mass is 9.77. The highest BCUT2D eigenvalue weighted by atomic mass is 14.9. The molecule has 0 bridgehead atoms. The third-order valence-corrected chi connectivity index (χ3v) is 4.52. The van der Waals surface area contributed by atoms with E-state index in [0.717, 1.165) is 31.6 Å². The first-order valence-corrected chi connectivity index (χ1v) is 8.49. The molecule has 1 atom stereocenters. The number of hydrogen-bond donors (Lipinski definition) is 2. The summed E-state index contributed by atoms with van der Waals surface area (Å²) < 4.78 is 0. The third-order valence-electron chi connectivity index (χ3n) is 4.52. The van der Waals surface area contributed by atoms with Gasteiger partial charge < -0.3 is 11.1 Å². The van der Waals surface area contributed by atoms with Crippen LogP contribution in [0.15, 0.2) is 48.7 Å². The van der Waals surface area contributed by atoms with Crippen molar-refractivity contribution in [2.24, 2.45) is 5.73 Å². The van der Waals surface area contributed by atoms with Crippen LogP contribution in [-0.2, 0) is 12.0 Å². The van der Waals surface area contributed by atoms with Crippen molar-refractivity contribution in [1.29, 1.82) is 0 Å². The summed E-state index contributed by atoms with van der Waals surface area (Å²) in [4.78, 5) is 4.64. The standard InChI is InChI=1S/C20H29N3/c1-16(9-7-13-21)23-15-19-18(12-8-14-22-19)20(2,3)17-10-5-4-6-11-17/h4-6,8,10-12,14,16,23H,7,9,13,15,21H2,1-3H3. The molecule has 1 unspecified atom stereocenters. The minimum absolute atomic E-state index is 0.0625. The Bertz CT molecular complexity index is 593. The maximum Gasteiger partial charge on any atom is 0.0582 e. The van der Waals surface area contributed by atoms with Crippen LogP contribution in [0.1, 0.15) is 50.4 Å². The molecule has 0 saturated carbocycles. The minimum atomic E-state index is -0.0625.